The number of ether oxygens (including phenoxy) is 1. The molecular formula is C15H30ClN3O3. The largest absolute Gasteiger partial charge is 0.384 e. The fourth-order valence-electron chi connectivity index (χ4n) is 2.41. The van der Waals surface area contributed by atoms with Crippen LogP contribution in [0.4, 0.5) is 0 Å². The number of carbonyl (C=O) groups excluding carboxylic acids is 2. The van der Waals surface area contributed by atoms with Gasteiger partial charge >= 0.3 is 0 Å². The topological polar surface area (TPSA) is 79.5 Å². The van der Waals surface area contributed by atoms with Crippen LogP contribution in [-0.4, -0.2) is 51.7 Å². The van der Waals surface area contributed by atoms with Crippen molar-refractivity contribution in [2.45, 2.75) is 33.6 Å². The summed E-state index contributed by atoms with van der Waals surface area (Å²) in [7, 11) is 1.69. The summed E-state index contributed by atoms with van der Waals surface area (Å²) in [6.07, 6.45) is 1.96. The number of hydrogen-bond donors (Lipinski definition) is 3. The molecule has 22 heavy (non-hydrogen) atoms. The third-order valence-electron chi connectivity index (χ3n) is 3.87. The van der Waals surface area contributed by atoms with Crippen molar-refractivity contribution in [3.8, 4) is 0 Å². The summed E-state index contributed by atoms with van der Waals surface area (Å²) in [4.78, 5) is 23.6. The van der Waals surface area contributed by atoms with E-state index in [9.17, 15) is 9.59 Å². The van der Waals surface area contributed by atoms with Crippen LogP contribution in [0.15, 0.2) is 0 Å². The maximum absolute atomic E-state index is 11.9. The van der Waals surface area contributed by atoms with Gasteiger partial charge in [0.15, 0.2) is 0 Å². The summed E-state index contributed by atoms with van der Waals surface area (Å²) >= 11 is 0. The van der Waals surface area contributed by atoms with Crippen LogP contribution in [0.3, 0.4) is 0 Å². The molecule has 6 nitrogen and oxygen atoms in total. The van der Waals surface area contributed by atoms with Crippen molar-refractivity contribution in [2.24, 2.45) is 10.8 Å². The van der Waals surface area contributed by atoms with Gasteiger partial charge in [0.1, 0.15) is 0 Å². The molecule has 0 aromatic rings. The quantitative estimate of drug-likeness (QED) is 0.667. The van der Waals surface area contributed by atoms with Crippen LogP contribution in [0.2, 0.25) is 0 Å². The summed E-state index contributed by atoms with van der Waals surface area (Å²) in [5.41, 5.74) is -0.476. The van der Waals surface area contributed by atoms with Gasteiger partial charge in [-0.05, 0) is 25.9 Å². The van der Waals surface area contributed by atoms with Crippen molar-refractivity contribution in [1.29, 1.82) is 0 Å². The summed E-state index contributed by atoms with van der Waals surface area (Å²) < 4.78 is 5.31. The molecule has 1 aliphatic heterocycles. The smallest absolute Gasteiger partial charge is 0.239 e. The molecule has 3 N–H and O–H groups in total. The highest BCUT2D eigenvalue weighted by atomic mass is 35.5. The lowest BCUT2D eigenvalue weighted by Gasteiger charge is -2.37. The number of halogens is 1. The minimum Gasteiger partial charge on any atom is -0.384 e. The van der Waals surface area contributed by atoms with Gasteiger partial charge in [-0.25, -0.2) is 0 Å². The minimum absolute atomic E-state index is 0. The second-order valence-corrected chi connectivity index (χ2v) is 6.89. The van der Waals surface area contributed by atoms with E-state index in [0.717, 1.165) is 25.9 Å². The summed E-state index contributed by atoms with van der Waals surface area (Å²) in [6.45, 7) is 8.61. The summed E-state index contributed by atoms with van der Waals surface area (Å²) in [5, 5.41) is 8.90. The zero-order valence-corrected chi connectivity index (χ0v) is 14.9. The second-order valence-electron chi connectivity index (χ2n) is 6.89. The lowest BCUT2D eigenvalue weighted by atomic mass is 9.79. The number of rotatable bonds is 6. The molecule has 0 bridgehead atoms. The third-order valence-corrected chi connectivity index (χ3v) is 3.87. The van der Waals surface area contributed by atoms with Crippen LogP contribution < -0.4 is 16.0 Å². The molecule has 0 spiro atoms. The van der Waals surface area contributed by atoms with E-state index in [1.54, 1.807) is 7.11 Å². The van der Waals surface area contributed by atoms with Crippen molar-refractivity contribution in [1.82, 2.24) is 16.0 Å². The van der Waals surface area contributed by atoms with Gasteiger partial charge in [0, 0.05) is 24.5 Å². The molecule has 1 heterocycles. The van der Waals surface area contributed by atoms with E-state index in [1.165, 1.54) is 0 Å². The van der Waals surface area contributed by atoms with Crippen molar-refractivity contribution < 1.29 is 14.3 Å². The zero-order valence-electron chi connectivity index (χ0n) is 14.1. The zero-order chi connectivity index (χ0) is 15.9. The average molecular weight is 336 g/mol. The van der Waals surface area contributed by atoms with E-state index >= 15 is 0 Å². The predicted octanol–water partition coefficient (Wildman–Crippen LogP) is 0.703. The molecule has 0 atom stereocenters. The van der Waals surface area contributed by atoms with Gasteiger partial charge in [-0.3, -0.25) is 9.59 Å². The van der Waals surface area contributed by atoms with Gasteiger partial charge < -0.3 is 20.7 Å². The van der Waals surface area contributed by atoms with E-state index in [1.807, 2.05) is 20.8 Å². The van der Waals surface area contributed by atoms with Crippen molar-refractivity contribution in [3.05, 3.63) is 0 Å². The van der Waals surface area contributed by atoms with E-state index in [4.69, 9.17) is 4.74 Å². The third kappa shape index (κ3) is 6.94. The van der Waals surface area contributed by atoms with Crippen LogP contribution in [0.5, 0.6) is 0 Å². The fourth-order valence-corrected chi connectivity index (χ4v) is 2.41. The Bertz CT molecular complexity index is 358. The molecule has 0 radical (unpaired) electrons. The molecule has 2 amide bonds. The Balaban J connectivity index is 0.00000441. The molecule has 0 aromatic carbocycles. The molecular weight excluding hydrogens is 306 g/mol. The Morgan fingerprint density at radius 2 is 1.77 bits per heavy atom. The van der Waals surface area contributed by atoms with Gasteiger partial charge in [0.2, 0.25) is 11.8 Å². The molecule has 0 saturated carbocycles. The highest BCUT2D eigenvalue weighted by Crippen LogP contribution is 2.28. The number of piperidine rings is 1. The number of nitrogens with one attached hydrogen (secondary N) is 3. The van der Waals surface area contributed by atoms with Crippen molar-refractivity contribution >= 4 is 24.2 Å². The summed E-state index contributed by atoms with van der Waals surface area (Å²) in [5.74, 6) is -0.271. The molecule has 1 rings (SSSR count). The fraction of sp³-hybridized carbons (Fsp3) is 0.867. The Labute approximate surface area is 139 Å². The molecule has 130 valence electrons. The normalized spacial score (nSPS) is 17.3. The van der Waals surface area contributed by atoms with Gasteiger partial charge in [0.05, 0.1) is 13.2 Å². The van der Waals surface area contributed by atoms with E-state index < -0.39 is 5.41 Å². The Morgan fingerprint density at radius 3 is 2.27 bits per heavy atom. The standard InChI is InChI=1S/C15H29N3O3.ClH/c1-14(2,3)13(20)17-9-12(19)18-10-15(11-21-4)5-7-16-8-6-15;/h16H,5-11H2,1-4H3,(H,17,20)(H,18,19);1H. The molecule has 0 aromatic heterocycles. The lowest BCUT2D eigenvalue weighted by molar-refractivity contribution is -0.131. The molecule has 1 fully saturated rings. The SMILES string of the molecule is COCC1(CNC(=O)CNC(=O)C(C)(C)C)CCNCC1.Cl. The number of carbonyl (C=O) groups is 2. The van der Waals surface area contributed by atoms with Crippen molar-refractivity contribution in [3.63, 3.8) is 0 Å². The Hall–Kier alpha value is -0.850. The maximum Gasteiger partial charge on any atom is 0.239 e. The van der Waals surface area contributed by atoms with Gasteiger partial charge in [-0.2, -0.15) is 0 Å². The van der Waals surface area contributed by atoms with Crippen molar-refractivity contribution in [2.75, 3.05) is 39.9 Å². The minimum atomic E-state index is -0.480. The first-order chi connectivity index (χ1) is 9.79. The highest BCUT2D eigenvalue weighted by Gasteiger charge is 2.32. The van der Waals surface area contributed by atoms with E-state index in [2.05, 4.69) is 16.0 Å². The van der Waals surface area contributed by atoms with Crippen LogP contribution in [0, 0.1) is 10.8 Å². The predicted molar refractivity (Wildman–Crippen MR) is 89.1 cm³/mol. The number of amides is 2. The number of methoxy groups -OCH3 is 1. The summed E-state index contributed by atoms with van der Waals surface area (Å²) in [6, 6.07) is 0. The first-order valence-corrected chi connectivity index (χ1v) is 7.54. The maximum atomic E-state index is 11.9. The van der Waals surface area contributed by atoms with Gasteiger partial charge in [-0.15, -0.1) is 12.4 Å². The van der Waals surface area contributed by atoms with E-state index in [-0.39, 0.29) is 36.2 Å². The van der Waals surface area contributed by atoms with Crippen LogP contribution >= 0.6 is 12.4 Å². The van der Waals surface area contributed by atoms with Crippen LogP contribution in [0.1, 0.15) is 33.6 Å². The molecule has 1 aliphatic rings. The lowest BCUT2D eigenvalue weighted by Crippen LogP contribution is -2.49. The molecule has 0 aliphatic carbocycles. The van der Waals surface area contributed by atoms with Crippen LogP contribution in [0.25, 0.3) is 0 Å². The second kappa shape index (κ2) is 9.33. The van der Waals surface area contributed by atoms with Crippen LogP contribution in [-0.2, 0) is 14.3 Å². The first-order valence-electron chi connectivity index (χ1n) is 7.54. The Morgan fingerprint density at radius 1 is 1.18 bits per heavy atom. The Kier molecular flexibility index (Phi) is 8.96. The molecule has 7 heteroatoms. The molecule has 0 unspecified atom stereocenters. The number of hydrogen-bond acceptors (Lipinski definition) is 4. The monoisotopic (exact) mass is 335 g/mol. The van der Waals surface area contributed by atoms with Gasteiger partial charge in [-0.1, -0.05) is 20.8 Å². The highest BCUT2D eigenvalue weighted by molar-refractivity contribution is 5.87. The first kappa shape index (κ1) is 21.1. The average Bonchev–Trinajstić information content (AvgIpc) is 2.43. The van der Waals surface area contributed by atoms with Gasteiger partial charge in [0.25, 0.3) is 0 Å². The van der Waals surface area contributed by atoms with E-state index in [0.29, 0.717) is 13.2 Å². The molecule has 1 saturated heterocycles.